The molecule has 0 aliphatic heterocycles. The maximum absolute atomic E-state index is 12.9. The molecular formula is C14H9Cl2F3. The first kappa shape index (κ1) is 14.2. The van der Waals surface area contributed by atoms with E-state index in [1.165, 1.54) is 13.0 Å². The zero-order valence-corrected chi connectivity index (χ0v) is 11.4. The highest BCUT2D eigenvalue weighted by Gasteiger charge is 2.33. The standard InChI is InChI=1S/C14H9Cl2F3/c1-8-10(3-2-4-12(8)14(17,18)19)11-7-9(15)5-6-13(11)16/h2-7H,1H3. The van der Waals surface area contributed by atoms with Crippen molar-refractivity contribution in [2.24, 2.45) is 0 Å². The number of halogens is 5. The lowest BCUT2D eigenvalue weighted by Gasteiger charge is -2.15. The van der Waals surface area contributed by atoms with Crippen LogP contribution in [0.5, 0.6) is 0 Å². The second-order valence-electron chi connectivity index (χ2n) is 4.10. The van der Waals surface area contributed by atoms with Gasteiger partial charge in [0.05, 0.1) is 5.56 Å². The highest BCUT2D eigenvalue weighted by molar-refractivity contribution is 6.35. The normalized spacial score (nSPS) is 11.7. The van der Waals surface area contributed by atoms with Crippen LogP contribution in [0, 0.1) is 6.92 Å². The third-order valence-electron chi connectivity index (χ3n) is 2.86. The molecule has 0 bridgehead atoms. The zero-order chi connectivity index (χ0) is 14.2. The Balaban J connectivity index is 2.67. The summed E-state index contributed by atoms with van der Waals surface area (Å²) >= 11 is 11.9. The van der Waals surface area contributed by atoms with Crippen molar-refractivity contribution in [3.8, 4) is 11.1 Å². The summed E-state index contributed by atoms with van der Waals surface area (Å²) in [6, 6.07) is 8.74. The molecule has 0 heterocycles. The summed E-state index contributed by atoms with van der Waals surface area (Å²) in [5, 5.41) is 0.794. The molecule has 100 valence electrons. The fourth-order valence-corrected chi connectivity index (χ4v) is 2.33. The van der Waals surface area contributed by atoms with Gasteiger partial charge in [0.15, 0.2) is 0 Å². The average molecular weight is 305 g/mol. The van der Waals surface area contributed by atoms with E-state index in [2.05, 4.69) is 0 Å². The molecule has 0 radical (unpaired) electrons. The van der Waals surface area contributed by atoms with Crippen molar-refractivity contribution in [3.05, 3.63) is 57.6 Å². The Morgan fingerprint density at radius 1 is 0.947 bits per heavy atom. The quantitative estimate of drug-likeness (QED) is 0.607. The fraction of sp³-hybridized carbons (Fsp3) is 0.143. The average Bonchev–Trinajstić information content (AvgIpc) is 2.31. The number of rotatable bonds is 1. The predicted molar refractivity (Wildman–Crippen MR) is 71.6 cm³/mol. The Morgan fingerprint density at radius 3 is 2.26 bits per heavy atom. The van der Waals surface area contributed by atoms with Crippen LogP contribution < -0.4 is 0 Å². The monoisotopic (exact) mass is 304 g/mol. The summed E-state index contributed by atoms with van der Waals surface area (Å²) < 4.78 is 38.6. The molecular weight excluding hydrogens is 296 g/mol. The van der Waals surface area contributed by atoms with Gasteiger partial charge in [-0.15, -0.1) is 0 Å². The molecule has 0 saturated carbocycles. The molecule has 2 aromatic carbocycles. The van der Waals surface area contributed by atoms with E-state index in [1.54, 1.807) is 24.3 Å². The maximum Gasteiger partial charge on any atom is 0.416 e. The van der Waals surface area contributed by atoms with Crippen LogP contribution in [0.2, 0.25) is 10.0 Å². The van der Waals surface area contributed by atoms with E-state index in [9.17, 15) is 13.2 Å². The molecule has 0 aromatic heterocycles. The molecule has 5 heteroatoms. The molecule has 0 saturated heterocycles. The SMILES string of the molecule is Cc1c(-c2cc(Cl)ccc2Cl)cccc1C(F)(F)F. The van der Waals surface area contributed by atoms with Crippen LogP contribution in [-0.2, 0) is 6.18 Å². The summed E-state index contributed by atoms with van der Waals surface area (Å²) in [5.41, 5.74) is 0.403. The van der Waals surface area contributed by atoms with E-state index in [1.807, 2.05) is 0 Å². The molecule has 2 aromatic rings. The summed E-state index contributed by atoms with van der Waals surface area (Å²) in [6.45, 7) is 1.43. The van der Waals surface area contributed by atoms with Crippen molar-refractivity contribution in [2.75, 3.05) is 0 Å². The minimum Gasteiger partial charge on any atom is -0.166 e. The summed E-state index contributed by atoms with van der Waals surface area (Å²) in [4.78, 5) is 0. The number of hydrogen-bond acceptors (Lipinski definition) is 0. The Labute approximate surface area is 118 Å². The largest absolute Gasteiger partial charge is 0.416 e. The van der Waals surface area contributed by atoms with E-state index < -0.39 is 11.7 Å². The van der Waals surface area contributed by atoms with Crippen LogP contribution in [-0.4, -0.2) is 0 Å². The zero-order valence-electron chi connectivity index (χ0n) is 9.85. The van der Waals surface area contributed by atoms with Gasteiger partial charge in [-0.05, 0) is 42.3 Å². The Kier molecular flexibility index (Phi) is 3.79. The van der Waals surface area contributed by atoms with Crippen molar-refractivity contribution in [1.29, 1.82) is 0 Å². The van der Waals surface area contributed by atoms with Crippen molar-refractivity contribution < 1.29 is 13.2 Å². The Bertz CT molecular complexity index is 619. The lowest BCUT2D eigenvalue weighted by Crippen LogP contribution is -2.08. The molecule has 0 unspecified atom stereocenters. The van der Waals surface area contributed by atoms with Gasteiger partial charge in [0.2, 0.25) is 0 Å². The predicted octanol–water partition coefficient (Wildman–Crippen LogP) is 5.99. The molecule has 0 atom stereocenters. The van der Waals surface area contributed by atoms with Crippen molar-refractivity contribution in [2.45, 2.75) is 13.1 Å². The van der Waals surface area contributed by atoms with Crippen LogP contribution in [0.4, 0.5) is 13.2 Å². The number of hydrogen-bond donors (Lipinski definition) is 0. The highest BCUT2D eigenvalue weighted by Crippen LogP contribution is 2.38. The van der Waals surface area contributed by atoms with E-state index in [4.69, 9.17) is 23.2 Å². The van der Waals surface area contributed by atoms with E-state index in [0.717, 1.165) is 6.07 Å². The van der Waals surface area contributed by atoms with Crippen LogP contribution >= 0.6 is 23.2 Å². The van der Waals surface area contributed by atoms with Crippen molar-refractivity contribution in [3.63, 3.8) is 0 Å². The first-order chi connectivity index (χ1) is 8.80. The first-order valence-corrected chi connectivity index (χ1v) is 6.18. The highest BCUT2D eigenvalue weighted by atomic mass is 35.5. The number of benzene rings is 2. The molecule has 0 fully saturated rings. The molecule has 2 rings (SSSR count). The molecule has 0 nitrogen and oxygen atoms in total. The fourth-order valence-electron chi connectivity index (χ4n) is 1.94. The third-order valence-corrected chi connectivity index (χ3v) is 3.42. The van der Waals surface area contributed by atoms with Gasteiger partial charge in [0.25, 0.3) is 0 Å². The van der Waals surface area contributed by atoms with Gasteiger partial charge in [-0.25, -0.2) is 0 Å². The summed E-state index contributed by atoms with van der Waals surface area (Å²) in [7, 11) is 0. The third kappa shape index (κ3) is 2.88. The van der Waals surface area contributed by atoms with Gasteiger partial charge >= 0.3 is 6.18 Å². The van der Waals surface area contributed by atoms with Crippen molar-refractivity contribution >= 4 is 23.2 Å². The molecule has 0 spiro atoms. The van der Waals surface area contributed by atoms with Gasteiger partial charge in [-0.2, -0.15) is 13.2 Å². The minimum absolute atomic E-state index is 0.138. The number of alkyl halides is 3. The van der Waals surface area contributed by atoms with Gasteiger partial charge in [0.1, 0.15) is 0 Å². The van der Waals surface area contributed by atoms with Crippen LogP contribution in [0.1, 0.15) is 11.1 Å². The minimum atomic E-state index is -4.38. The molecule has 0 aliphatic rings. The topological polar surface area (TPSA) is 0 Å². The van der Waals surface area contributed by atoms with Crippen LogP contribution in [0.25, 0.3) is 11.1 Å². The van der Waals surface area contributed by atoms with Gasteiger partial charge in [0, 0.05) is 15.6 Å². The van der Waals surface area contributed by atoms with Crippen molar-refractivity contribution in [1.82, 2.24) is 0 Å². The lowest BCUT2D eigenvalue weighted by molar-refractivity contribution is -0.138. The maximum atomic E-state index is 12.9. The molecule has 0 aliphatic carbocycles. The lowest BCUT2D eigenvalue weighted by atomic mass is 9.96. The van der Waals surface area contributed by atoms with E-state index >= 15 is 0 Å². The van der Waals surface area contributed by atoms with Gasteiger partial charge < -0.3 is 0 Å². The first-order valence-electron chi connectivity index (χ1n) is 5.43. The smallest absolute Gasteiger partial charge is 0.166 e. The Morgan fingerprint density at radius 2 is 1.63 bits per heavy atom. The van der Waals surface area contributed by atoms with Crippen LogP contribution in [0.3, 0.4) is 0 Å². The van der Waals surface area contributed by atoms with E-state index in [-0.39, 0.29) is 5.56 Å². The Hall–Kier alpha value is -1.19. The van der Waals surface area contributed by atoms with E-state index in [0.29, 0.717) is 21.2 Å². The second kappa shape index (κ2) is 5.06. The molecule has 0 N–H and O–H groups in total. The molecule has 19 heavy (non-hydrogen) atoms. The summed E-state index contributed by atoms with van der Waals surface area (Å²) in [5.74, 6) is 0. The second-order valence-corrected chi connectivity index (χ2v) is 4.94. The van der Waals surface area contributed by atoms with Gasteiger partial charge in [-0.1, -0.05) is 35.3 Å². The molecule has 0 amide bonds. The summed E-state index contributed by atoms with van der Waals surface area (Å²) in [6.07, 6.45) is -4.38. The van der Waals surface area contributed by atoms with Gasteiger partial charge in [-0.3, -0.25) is 0 Å². The van der Waals surface area contributed by atoms with Crippen LogP contribution in [0.15, 0.2) is 36.4 Å².